The first-order valence-electron chi connectivity index (χ1n) is 6.27. The zero-order chi connectivity index (χ0) is 13.8. The SMILES string of the molecule is CSc1cccc(N(C)Cc2ccoc2C)c1CN. The lowest BCUT2D eigenvalue weighted by molar-refractivity contribution is 0.529. The van der Waals surface area contributed by atoms with Crippen LogP contribution in [0.2, 0.25) is 0 Å². The lowest BCUT2D eigenvalue weighted by atomic mass is 10.1. The molecule has 1 aromatic heterocycles. The van der Waals surface area contributed by atoms with Gasteiger partial charge in [0.05, 0.1) is 6.26 Å². The number of anilines is 1. The van der Waals surface area contributed by atoms with Crippen LogP contribution in [0.3, 0.4) is 0 Å². The van der Waals surface area contributed by atoms with Gasteiger partial charge in [-0.25, -0.2) is 0 Å². The molecule has 0 aliphatic carbocycles. The van der Waals surface area contributed by atoms with Crippen molar-refractivity contribution in [3.8, 4) is 0 Å². The van der Waals surface area contributed by atoms with Gasteiger partial charge in [0.25, 0.3) is 0 Å². The van der Waals surface area contributed by atoms with Crippen LogP contribution in [0.25, 0.3) is 0 Å². The van der Waals surface area contributed by atoms with Gasteiger partial charge in [0.15, 0.2) is 0 Å². The number of thioether (sulfide) groups is 1. The number of hydrogen-bond acceptors (Lipinski definition) is 4. The van der Waals surface area contributed by atoms with Crippen LogP contribution in [0.15, 0.2) is 39.8 Å². The molecule has 0 aliphatic rings. The number of rotatable bonds is 5. The summed E-state index contributed by atoms with van der Waals surface area (Å²) in [4.78, 5) is 3.47. The van der Waals surface area contributed by atoms with Crippen LogP contribution in [0.4, 0.5) is 5.69 Å². The molecule has 0 saturated carbocycles. The van der Waals surface area contributed by atoms with Crippen molar-refractivity contribution < 1.29 is 4.42 Å². The fraction of sp³-hybridized carbons (Fsp3) is 0.333. The summed E-state index contributed by atoms with van der Waals surface area (Å²) in [5, 5.41) is 0. The van der Waals surface area contributed by atoms with Gasteiger partial charge in [-0.05, 0) is 31.4 Å². The Kier molecular flexibility index (Phi) is 4.56. The number of nitrogens with two attached hydrogens (primary N) is 1. The van der Waals surface area contributed by atoms with Crippen LogP contribution in [-0.2, 0) is 13.1 Å². The highest BCUT2D eigenvalue weighted by atomic mass is 32.2. The molecule has 0 unspecified atom stereocenters. The topological polar surface area (TPSA) is 42.4 Å². The van der Waals surface area contributed by atoms with Gasteiger partial charge in [-0.1, -0.05) is 6.07 Å². The molecule has 0 saturated heterocycles. The molecule has 2 aromatic rings. The number of furan rings is 1. The molecule has 0 amide bonds. The molecule has 0 bridgehead atoms. The molecule has 0 aliphatic heterocycles. The van der Waals surface area contributed by atoms with Crippen molar-refractivity contribution in [1.29, 1.82) is 0 Å². The minimum absolute atomic E-state index is 0.557. The van der Waals surface area contributed by atoms with Crippen molar-refractivity contribution in [2.75, 3.05) is 18.2 Å². The van der Waals surface area contributed by atoms with Crippen molar-refractivity contribution in [3.63, 3.8) is 0 Å². The Labute approximate surface area is 118 Å². The Morgan fingerprint density at radius 1 is 1.32 bits per heavy atom. The zero-order valence-corrected chi connectivity index (χ0v) is 12.5. The molecule has 1 aromatic carbocycles. The average molecular weight is 276 g/mol. The quantitative estimate of drug-likeness (QED) is 0.850. The molecule has 0 radical (unpaired) electrons. The third-order valence-electron chi connectivity index (χ3n) is 3.32. The summed E-state index contributed by atoms with van der Waals surface area (Å²) in [7, 11) is 2.09. The predicted molar refractivity (Wildman–Crippen MR) is 81.7 cm³/mol. The maximum atomic E-state index is 5.91. The van der Waals surface area contributed by atoms with E-state index in [4.69, 9.17) is 10.2 Å². The molecule has 0 atom stereocenters. The number of nitrogens with zero attached hydrogens (tertiary/aromatic N) is 1. The normalized spacial score (nSPS) is 10.7. The van der Waals surface area contributed by atoms with E-state index in [0.29, 0.717) is 6.54 Å². The van der Waals surface area contributed by atoms with E-state index in [0.717, 1.165) is 12.3 Å². The van der Waals surface area contributed by atoms with Crippen LogP contribution >= 0.6 is 11.8 Å². The van der Waals surface area contributed by atoms with Crippen LogP contribution in [0.1, 0.15) is 16.9 Å². The average Bonchev–Trinajstić information content (AvgIpc) is 2.83. The summed E-state index contributed by atoms with van der Waals surface area (Å²) in [6, 6.07) is 8.34. The van der Waals surface area contributed by atoms with E-state index >= 15 is 0 Å². The van der Waals surface area contributed by atoms with Gasteiger partial charge in [-0.15, -0.1) is 11.8 Å². The Balaban J connectivity index is 2.28. The van der Waals surface area contributed by atoms with Crippen molar-refractivity contribution >= 4 is 17.4 Å². The summed E-state index contributed by atoms with van der Waals surface area (Å²) < 4.78 is 5.35. The fourth-order valence-electron chi connectivity index (χ4n) is 2.22. The lowest BCUT2D eigenvalue weighted by Crippen LogP contribution is -2.19. The first kappa shape index (κ1) is 14.0. The van der Waals surface area contributed by atoms with Crippen LogP contribution < -0.4 is 10.6 Å². The molecule has 2 N–H and O–H groups in total. The van der Waals surface area contributed by atoms with Crippen molar-refractivity contribution in [2.24, 2.45) is 5.73 Å². The molecule has 0 spiro atoms. The number of hydrogen-bond donors (Lipinski definition) is 1. The summed E-state index contributed by atoms with van der Waals surface area (Å²) in [5.41, 5.74) is 9.51. The first-order valence-corrected chi connectivity index (χ1v) is 7.50. The van der Waals surface area contributed by atoms with Crippen LogP contribution in [-0.4, -0.2) is 13.3 Å². The Morgan fingerprint density at radius 3 is 2.68 bits per heavy atom. The Morgan fingerprint density at radius 2 is 2.11 bits per heavy atom. The van der Waals surface area contributed by atoms with Gasteiger partial charge in [0.2, 0.25) is 0 Å². The Hall–Kier alpha value is -1.39. The molecular formula is C15H20N2OS. The first-order chi connectivity index (χ1) is 9.17. The summed E-state index contributed by atoms with van der Waals surface area (Å²) >= 11 is 1.74. The molecule has 2 rings (SSSR count). The predicted octanol–water partition coefficient (Wildman–Crippen LogP) is 3.41. The summed E-state index contributed by atoms with van der Waals surface area (Å²) in [5.74, 6) is 0.974. The standard InChI is InChI=1S/C15H20N2OS/c1-11-12(7-8-18-11)10-17(2)14-5-4-6-15(19-3)13(14)9-16/h4-8H,9-10,16H2,1-3H3. The molecule has 4 heteroatoms. The highest BCUT2D eigenvalue weighted by Gasteiger charge is 2.12. The van der Waals surface area contributed by atoms with Gasteiger partial charge in [0, 0.05) is 41.8 Å². The number of benzene rings is 1. The van der Waals surface area contributed by atoms with E-state index in [2.05, 4.69) is 36.4 Å². The zero-order valence-electron chi connectivity index (χ0n) is 11.6. The van der Waals surface area contributed by atoms with Crippen LogP contribution in [0, 0.1) is 6.92 Å². The van der Waals surface area contributed by atoms with Crippen molar-refractivity contribution in [2.45, 2.75) is 24.9 Å². The highest BCUT2D eigenvalue weighted by Crippen LogP contribution is 2.29. The molecule has 19 heavy (non-hydrogen) atoms. The molecular weight excluding hydrogens is 256 g/mol. The largest absolute Gasteiger partial charge is 0.469 e. The monoisotopic (exact) mass is 276 g/mol. The van der Waals surface area contributed by atoms with E-state index < -0.39 is 0 Å². The van der Waals surface area contributed by atoms with Gasteiger partial charge < -0.3 is 15.1 Å². The summed E-state index contributed by atoms with van der Waals surface area (Å²) in [6.07, 6.45) is 3.82. The third-order valence-corrected chi connectivity index (χ3v) is 4.14. The van der Waals surface area contributed by atoms with Gasteiger partial charge in [-0.3, -0.25) is 0 Å². The maximum Gasteiger partial charge on any atom is 0.105 e. The fourth-order valence-corrected chi connectivity index (χ4v) is 2.87. The van der Waals surface area contributed by atoms with Crippen LogP contribution in [0.5, 0.6) is 0 Å². The molecule has 3 nitrogen and oxygen atoms in total. The third kappa shape index (κ3) is 2.96. The molecule has 0 fully saturated rings. The second-order valence-corrected chi connectivity index (χ2v) is 5.37. The number of aryl methyl sites for hydroxylation is 1. The smallest absolute Gasteiger partial charge is 0.105 e. The minimum atomic E-state index is 0.557. The maximum absolute atomic E-state index is 5.91. The van der Waals surface area contributed by atoms with Crippen molar-refractivity contribution in [3.05, 3.63) is 47.4 Å². The Bertz CT molecular complexity index is 551. The van der Waals surface area contributed by atoms with E-state index in [1.807, 2.05) is 13.0 Å². The van der Waals surface area contributed by atoms with E-state index in [1.54, 1.807) is 18.0 Å². The second kappa shape index (κ2) is 6.17. The lowest BCUT2D eigenvalue weighted by Gasteiger charge is -2.23. The van der Waals surface area contributed by atoms with Gasteiger partial charge >= 0.3 is 0 Å². The minimum Gasteiger partial charge on any atom is -0.469 e. The molecule has 1 heterocycles. The highest BCUT2D eigenvalue weighted by molar-refractivity contribution is 7.98. The van der Waals surface area contributed by atoms with Gasteiger partial charge in [-0.2, -0.15) is 0 Å². The molecule has 102 valence electrons. The van der Waals surface area contributed by atoms with Crippen molar-refractivity contribution in [1.82, 2.24) is 0 Å². The second-order valence-electron chi connectivity index (χ2n) is 4.52. The van der Waals surface area contributed by atoms with Gasteiger partial charge in [0.1, 0.15) is 5.76 Å². The van der Waals surface area contributed by atoms with E-state index in [-0.39, 0.29) is 0 Å². The summed E-state index contributed by atoms with van der Waals surface area (Å²) in [6.45, 7) is 3.37. The van der Waals surface area contributed by atoms with E-state index in [1.165, 1.54) is 21.7 Å². The van der Waals surface area contributed by atoms with E-state index in [9.17, 15) is 0 Å².